The normalized spacial score (nSPS) is 18.2. The third kappa shape index (κ3) is 3.17. The van der Waals surface area contributed by atoms with Crippen molar-refractivity contribution in [3.63, 3.8) is 0 Å². The Bertz CT molecular complexity index is 657. The summed E-state index contributed by atoms with van der Waals surface area (Å²) in [6, 6.07) is 13.7. The molecule has 0 radical (unpaired) electrons. The Morgan fingerprint density at radius 2 is 2.09 bits per heavy atom. The van der Waals surface area contributed by atoms with E-state index in [4.69, 9.17) is 9.47 Å². The highest BCUT2D eigenvalue weighted by Crippen LogP contribution is 2.29. The van der Waals surface area contributed by atoms with Crippen molar-refractivity contribution in [1.82, 2.24) is 4.90 Å². The fourth-order valence-corrected chi connectivity index (χ4v) is 2.87. The zero-order valence-electron chi connectivity index (χ0n) is 13.0. The SMILES string of the molecule is COc1cc(CN2Cc3ccccc3OC(C)C2)ccc1O. The molecule has 0 bridgehead atoms. The van der Waals surface area contributed by atoms with Crippen LogP contribution in [0, 0.1) is 0 Å². The predicted octanol–water partition coefficient (Wildman–Crippen LogP) is 3.18. The second-order valence-corrected chi connectivity index (χ2v) is 5.71. The summed E-state index contributed by atoms with van der Waals surface area (Å²) in [5.74, 6) is 1.65. The maximum Gasteiger partial charge on any atom is 0.160 e. The topological polar surface area (TPSA) is 41.9 Å². The van der Waals surface area contributed by atoms with Gasteiger partial charge in [0.1, 0.15) is 11.9 Å². The lowest BCUT2D eigenvalue weighted by atomic mass is 10.1. The first kappa shape index (κ1) is 14.7. The van der Waals surface area contributed by atoms with E-state index in [1.165, 1.54) is 5.56 Å². The number of nitrogens with zero attached hydrogens (tertiary/aromatic N) is 1. The molecule has 0 saturated carbocycles. The molecule has 1 aliphatic rings. The minimum atomic E-state index is 0.141. The first-order valence-electron chi connectivity index (χ1n) is 7.48. The summed E-state index contributed by atoms with van der Waals surface area (Å²) in [5, 5.41) is 9.70. The summed E-state index contributed by atoms with van der Waals surface area (Å²) in [5.41, 5.74) is 2.32. The van der Waals surface area contributed by atoms with Crippen LogP contribution in [-0.4, -0.2) is 29.8 Å². The van der Waals surface area contributed by atoms with Crippen LogP contribution >= 0.6 is 0 Å². The number of fused-ring (bicyclic) bond motifs is 1. The van der Waals surface area contributed by atoms with E-state index in [9.17, 15) is 5.11 Å². The van der Waals surface area contributed by atoms with E-state index in [0.29, 0.717) is 5.75 Å². The van der Waals surface area contributed by atoms with Crippen molar-refractivity contribution in [1.29, 1.82) is 0 Å². The number of methoxy groups -OCH3 is 1. The van der Waals surface area contributed by atoms with Gasteiger partial charge in [0.2, 0.25) is 0 Å². The summed E-state index contributed by atoms with van der Waals surface area (Å²) in [6.07, 6.45) is 0.141. The van der Waals surface area contributed by atoms with Crippen LogP contribution in [0.1, 0.15) is 18.1 Å². The quantitative estimate of drug-likeness (QED) is 0.945. The number of benzene rings is 2. The van der Waals surface area contributed by atoms with Crippen LogP contribution in [0.15, 0.2) is 42.5 Å². The van der Waals surface area contributed by atoms with Gasteiger partial charge < -0.3 is 14.6 Å². The number of ether oxygens (including phenoxy) is 2. The number of aromatic hydroxyl groups is 1. The van der Waals surface area contributed by atoms with Crippen molar-refractivity contribution in [2.24, 2.45) is 0 Å². The monoisotopic (exact) mass is 299 g/mol. The Morgan fingerprint density at radius 3 is 2.91 bits per heavy atom. The van der Waals surface area contributed by atoms with Crippen LogP contribution < -0.4 is 9.47 Å². The zero-order valence-corrected chi connectivity index (χ0v) is 13.0. The molecular weight excluding hydrogens is 278 g/mol. The minimum Gasteiger partial charge on any atom is -0.504 e. The van der Waals surface area contributed by atoms with Crippen molar-refractivity contribution in [2.75, 3.05) is 13.7 Å². The third-order valence-corrected chi connectivity index (χ3v) is 3.86. The molecule has 1 N–H and O–H groups in total. The van der Waals surface area contributed by atoms with Gasteiger partial charge in [0, 0.05) is 25.2 Å². The second-order valence-electron chi connectivity index (χ2n) is 5.71. The predicted molar refractivity (Wildman–Crippen MR) is 85.3 cm³/mol. The number of phenols is 1. The first-order valence-corrected chi connectivity index (χ1v) is 7.48. The highest BCUT2D eigenvalue weighted by atomic mass is 16.5. The lowest BCUT2D eigenvalue weighted by Gasteiger charge is -2.22. The van der Waals surface area contributed by atoms with Gasteiger partial charge >= 0.3 is 0 Å². The first-order chi connectivity index (χ1) is 10.7. The lowest BCUT2D eigenvalue weighted by Crippen LogP contribution is -2.30. The van der Waals surface area contributed by atoms with Crippen LogP contribution in [0.25, 0.3) is 0 Å². The Labute approximate surface area is 130 Å². The van der Waals surface area contributed by atoms with Crippen LogP contribution in [0.5, 0.6) is 17.2 Å². The molecule has 4 heteroatoms. The summed E-state index contributed by atoms with van der Waals surface area (Å²) >= 11 is 0. The number of hydrogen-bond acceptors (Lipinski definition) is 4. The molecule has 0 amide bonds. The Kier molecular flexibility index (Phi) is 4.20. The molecule has 1 unspecified atom stereocenters. The van der Waals surface area contributed by atoms with Gasteiger partial charge in [-0.3, -0.25) is 4.90 Å². The number of hydrogen-bond donors (Lipinski definition) is 1. The third-order valence-electron chi connectivity index (χ3n) is 3.86. The number of para-hydroxylation sites is 1. The maximum absolute atomic E-state index is 9.70. The van der Waals surface area contributed by atoms with E-state index in [0.717, 1.165) is 30.9 Å². The lowest BCUT2D eigenvalue weighted by molar-refractivity contribution is 0.156. The molecule has 22 heavy (non-hydrogen) atoms. The summed E-state index contributed by atoms with van der Waals surface area (Å²) in [4.78, 5) is 2.35. The maximum atomic E-state index is 9.70. The molecule has 0 aromatic heterocycles. The molecule has 2 aromatic carbocycles. The largest absolute Gasteiger partial charge is 0.504 e. The Morgan fingerprint density at radius 1 is 1.27 bits per heavy atom. The molecule has 1 heterocycles. The average Bonchev–Trinajstić information content (AvgIpc) is 2.66. The average molecular weight is 299 g/mol. The van der Waals surface area contributed by atoms with Gasteiger partial charge in [0.25, 0.3) is 0 Å². The summed E-state index contributed by atoms with van der Waals surface area (Å²) in [7, 11) is 1.57. The zero-order chi connectivity index (χ0) is 15.5. The molecule has 0 saturated heterocycles. The Hall–Kier alpha value is -2.20. The second kappa shape index (κ2) is 6.28. The number of phenolic OH excluding ortho intramolecular Hbond substituents is 1. The van der Waals surface area contributed by atoms with Gasteiger partial charge in [0.05, 0.1) is 7.11 Å². The fraction of sp³-hybridized carbons (Fsp3) is 0.333. The van der Waals surface area contributed by atoms with Gasteiger partial charge in [-0.25, -0.2) is 0 Å². The van der Waals surface area contributed by atoms with Crippen molar-refractivity contribution >= 4 is 0 Å². The summed E-state index contributed by atoms with van der Waals surface area (Å²) < 4.78 is 11.2. The van der Waals surface area contributed by atoms with Crippen molar-refractivity contribution in [2.45, 2.75) is 26.1 Å². The standard InChI is InChI=1S/C18H21NO3/c1-13-10-19(12-15-5-3-4-6-17(15)22-13)11-14-7-8-16(20)18(9-14)21-2/h3-9,13,20H,10-12H2,1-2H3. The molecule has 1 atom stereocenters. The van der Waals surface area contributed by atoms with E-state index >= 15 is 0 Å². The summed E-state index contributed by atoms with van der Waals surface area (Å²) in [6.45, 7) is 4.59. The van der Waals surface area contributed by atoms with E-state index in [1.807, 2.05) is 30.3 Å². The molecule has 116 valence electrons. The smallest absolute Gasteiger partial charge is 0.160 e. The minimum absolute atomic E-state index is 0.141. The van der Waals surface area contributed by atoms with Crippen molar-refractivity contribution in [3.05, 3.63) is 53.6 Å². The molecule has 1 aliphatic heterocycles. The number of rotatable bonds is 3. The van der Waals surface area contributed by atoms with Crippen LogP contribution in [-0.2, 0) is 13.1 Å². The van der Waals surface area contributed by atoms with Crippen LogP contribution in [0.3, 0.4) is 0 Å². The fourth-order valence-electron chi connectivity index (χ4n) is 2.87. The van der Waals surface area contributed by atoms with Crippen LogP contribution in [0.2, 0.25) is 0 Å². The van der Waals surface area contributed by atoms with Gasteiger partial charge in [-0.15, -0.1) is 0 Å². The van der Waals surface area contributed by atoms with E-state index in [-0.39, 0.29) is 11.9 Å². The molecule has 2 aromatic rings. The van der Waals surface area contributed by atoms with Crippen molar-refractivity contribution < 1.29 is 14.6 Å². The molecule has 0 aliphatic carbocycles. The molecule has 4 nitrogen and oxygen atoms in total. The molecule has 0 fully saturated rings. The van der Waals surface area contributed by atoms with Gasteiger partial charge in [-0.1, -0.05) is 24.3 Å². The van der Waals surface area contributed by atoms with E-state index in [1.54, 1.807) is 13.2 Å². The van der Waals surface area contributed by atoms with Gasteiger partial charge in [-0.2, -0.15) is 0 Å². The highest BCUT2D eigenvalue weighted by molar-refractivity contribution is 5.42. The molecule has 0 spiro atoms. The van der Waals surface area contributed by atoms with Gasteiger partial charge in [-0.05, 0) is 30.7 Å². The van der Waals surface area contributed by atoms with Crippen LogP contribution in [0.4, 0.5) is 0 Å². The van der Waals surface area contributed by atoms with E-state index < -0.39 is 0 Å². The van der Waals surface area contributed by atoms with E-state index in [2.05, 4.69) is 17.9 Å². The molecular formula is C18H21NO3. The highest BCUT2D eigenvalue weighted by Gasteiger charge is 2.20. The van der Waals surface area contributed by atoms with Crippen molar-refractivity contribution in [3.8, 4) is 17.2 Å². The van der Waals surface area contributed by atoms with Gasteiger partial charge in [0.15, 0.2) is 11.5 Å². The Balaban J connectivity index is 1.80. The molecule has 3 rings (SSSR count).